The molecule has 1 N–H and O–H groups in total. The van der Waals surface area contributed by atoms with E-state index in [0.717, 1.165) is 32.6 Å². The molecule has 1 saturated heterocycles. The van der Waals surface area contributed by atoms with Gasteiger partial charge in [-0.3, -0.25) is 4.79 Å². The molecule has 1 spiro atoms. The number of amides is 1. The minimum atomic E-state index is 0.171. The first-order valence-corrected chi connectivity index (χ1v) is 8.23. The number of hydrogen-bond acceptors (Lipinski definition) is 2. The fourth-order valence-electron chi connectivity index (χ4n) is 4.33. The molecule has 21 heavy (non-hydrogen) atoms. The van der Waals surface area contributed by atoms with Gasteiger partial charge < -0.3 is 10.1 Å². The number of ether oxygens (including phenoxy) is 1. The summed E-state index contributed by atoms with van der Waals surface area (Å²) in [4.78, 5) is 12.2. The van der Waals surface area contributed by atoms with Gasteiger partial charge in [-0.05, 0) is 49.1 Å². The van der Waals surface area contributed by atoms with Crippen molar-refractivity contribution in [3.63, 3.8) is 0 Å². The van der Waals surface area contributed by atoms with E-state index in [1.165, 1.54) is 24.8 Å². The summed E-state index contributed by atoms with van der Waals surface area (Å²) in [6.07, 6.45) is 5.48. The highest BCUT2D eigenvalue weighted by Crippen LogP contribution is 2.61. The molecule has 1 amide bonds. The second-order valence-electron chi connectivity index (χ2n) is 6.85. The van der Waals surface area contributed by atoms with Crippen molar-refractivity contribution in [2.24, 2.45) is 11.8 Å². The van der Waals surface area contributed by atoms with Crippen LogP contribution in [0.1, 0.15) is 36.8 Å². The van der Waals surface area contributed by atoms with Crippen LogP contribution in [0.15, 0.2) is 24.3 Å². The molecule has 1 aromatic rings. The summed E-state index contributed by atoms with van der Waals surface area (Å²) in [5, 5.41) is 3.20. The minimum absolute atomic E-state index is 0.171. The number of rotatable bonds is 3. The molecule has 1 aliphatic heterocycles. The average Bonchev–Trinajstić information content (AvgIpc) is 3.13. The third kappa shape index (κ3) is 2.28. The SMILES string of the molecule is O=C(NC[C@H]1C[C@@]12CCc1ccccc12)C1CCOCC1. The quantitative estimate of drug-likeness (QED) is 0.926. The zero-order chi connectivity index (χ0) is 14.3. The van der Waals surface area contributed by atoms with Crippen molar-refractivity contribution in [3.8, 4) is 0 Å². The molecule has 1 saturated carbocycles. The predicted molar refractivity (Wildman–Crippen MR) is 81.1 cm³/mol. The average molecular weight is 285 g/mol. The maximum atomic E-state index is 12.2. The smallest absolute Gasteiger partial charge is 0.223 e. The molecule has 3 heteroatoms. The van der Waals surface area contributed by atoms with Crippen molar-refractivity contribution in [1.29, 1.82) is 0 Å². The van der Waals surface area contributed by atoms with Gasteiger partial charge in [0, 0.05) is 31.1 Å². The lowest BCUT2D eigenvalue weighted by molar-refractivity contribution is -0.127. The molecule has 3 aliphatic rings. The highest BCUT2D eigenvalue weighted by molar-refractivity contribution is 5.78. The van der Waals surface area contributed by atoms with E-state index in [0.29, 0.717) is 11.3 Å². The van der Waals surface area contributed by atoms with Crippen LogP contribution in [0.25, 0.3) is 0 Å². The maximum absolute atomic E-state index is 12.2. The summed E-state index contributed by atoms with van der Waals surface area (Å²) in [6, 6.07) is 8.85. The largest absolute Gasteiger partial charge is 0.381 e. The molecule has 2 fully saturated rings. The number of aryl methyl sites for hydroxylation is 1. The van der Waals surface area contributed by atoms with E-state index in [2.05, 4.69) is 29.6 Å². The summed E-state index contributed by atoms with van der Waals surface area (Å²) in [5.74, 6) is 1.06. The van der Waals surface area contributed by atoms with Gasteiger partial charge in [0.2, 0.25) is 5.91 Å². The molecule has 112 valence electrons. The van der Waals surface area contributed by atoms with Gasteiger partial charge in [0.25, 0.3) is 0 Å². The molecule has 2 atom stereocenters. The molecule has 2 aliphatic carbocycles. The lowest BCUT2D eigenvalue weighted by Crippen LogP contribution is -2.36. The molecule has 1 aromatic carbocycles. The van der Waals surface area contributed by atoms with Crippen molar-refractivity contribution >= 4 is 5.91 Å². The van der Waals surface area contributed by atoms with Crippen LogP contribution in [0, 0.1) is 11.8 Å². The molecule has 3 nitrogen and oxygen atoms in total. The molecule has 1 heterocycles. The predicted octanol–water partition coefficient (Wildman–Crippen LogP) is 2.43. The molecular formula is C18H23NO2. The molecule has 0 aromatic heterocycles. The number of carbonyl (C=O) groups excluding carboxylic acids is 1. The third-order valence-electron chi connectivity index (χ3n) is 5.74. The Kier molecular flexibility index (Phi) is 3.26. The summed E-state index contributed by atoms with van der Waals surface area (Å²) < 4.78 is 5.32. The maximum Gasteiger partial charge on any atom is 0.223 e. The minimum Gasteiger partial charge on any atom is -0.381 e. The van der Waals surface area contributed by atoms with E-state index in [4.69, 9.17) is 4.74 Å². The fourth-order valence-corrected chi connectivity index (χ4v) is 4.33. The molecule has 0 radical (unpaired) electrons. The number of fused-ring (bicyclic) bond motifs is 2. The number of benzene rings is 1. The highest BCUT2D eigenvalue weighted by Gasteiger charge is 2.57. The van der Waals surface area contributed by atoms with Crippen LogP contribution >= 0.6 is 0 Å². The second-order valence-corrected chi connectivity index (χ2v) is 6.85. The molecule has 0 unspecified atom stereocenters. The lowest BCUT2D eigenvalue weighted by Gasteiger charge is -2.21. The van der Waals surface area contributed by atoms with Gasteiger partial charge in [-0.25, -0.2) is 0 Å². The Morgan fingerprint density at radius 3 is 2.95 bits per heavy atom. The number of hydrogen-bond donors (Lipinski definition) is 1. The van der Waals surface area contributed by atoms with E-state index in [-0.39, 0.29) is 11.8 Å². The van der Waals surface area contributed by atoms with Crippen molar-refractivity contribution in [1.82, 2.24) is 5.32 Å². The van der Waals surface area contributed by atoms with Gasteiger partial charge in [0.05, 0.1) is 0 Å². The van der Waals surface area contributed by atoms with Crippen molar-refractivity contribution < 1.29 is 9.53 Å². The Hall–Kier alpha value is -1.35. The Bertz CT molecular complexity index is 550. The van der Waals surface area contributed by atoms with Crippen LogP contribution in [0.4, 0.5) is 0 Å². The Labute approximate surface area is 126 Å². The Morgan fingerprint density at radius 2 is 2.10 bits per heavy atom. The summed E-state index contributed by atoms with van der Waals surface area (Å²) in [6.45, 7) is 2.32. The van der Waals surface area contributed by atoms with Crippen LogP contribution in [0.2, 0.25) is 0 Å². The van der Waals surface area contributed by atoms with Crippen LogP contribution in [-0.2, 0) is 21.4 Å². The summed E-state index contributed by atoms with van der Waals surface area (Å²) >= 11 is 0. The van der Waals surface area contributed by atoms with Gasteiger partial charge in [0.1, 0.15) is 0 Å². The summed E-state index contributed by atoms with van der Waals surface area (Å²) in [5.41, 5.74) is 3.46. The first-order valence-electron chi connectivity index (χ1n) is 8.23. The lowest BCUT2D eigenvalue weighted by atomic mass is 9.95. The zero-order valence-electron chi connectivity index (χ0n) is 12.4. The van der Waals surface area contributed by atoms with E-state index in [9.17, 15) is 4.79 Å². The van der Waals surface area contributed by atoms with Gasteiger partial charge in [-0.1, -0.05) is 24.3 Å². The standard InChI is InChI=1S/C18H23NO2/c20-17(14-6-9-21-10-7-14)19-12-15-11-18(15)8-5-13-3-1-2-4-16(13)18/h1-4,14-15H,5-12H2,(H,19,20)/t15-,18+/m1/s1. The van der Waals surface area contributed by atoms with E-state index in [1.54, 1.807) is 5.56 Å². The van der Waals surface area contributed by atoms with Gasteiger partial charge in [-0.15, -0.1) is 0 Å². The third-order valence-corrected chi connectivity index (χ3v) is 5.74. The first kappa shape index (κ1) is 13.3. The number of nitrogens with one attached hydrogen (secondary N) is 1. The van der Waals surface area contributed by atoms with E-state index >= 15 is 0 Å². The van der Waals surface area contributed by atoms with Crippen molar-refractivity contribution in [2.75, 3.05) is 19.8 Å². The first-order chi connectivity index (χ1) is 10.3. The van der Waals surface area contributed by atoms with Gasteiger partial charge >= 0.3 is 0 Å². The van der Waals surface area contributed by atoms with Gasteiger partial charge in [-0.2, -0.15) is 0 Å². The summed E-state index contributed by atoms with van der Waals surface area (Å²) in [7, 11) is 0. The van der Waals surface area contributed by atoms with Gasteiger partial charge in [0.15, 0.2) is 0 Å². The number of carbonyl (C=O) groups is 1. The monoisotopic (exact) mass is 285 g/mol. The normalized spacial score (nSPS) is 31.1. The molecular weight excluding hydrogens is 262 g/mol. The fraction of sp³-hybridized carbons (Fsp3) is 0.611. The van der Waals surface area contributed by atoms with Crippen molar-refractivity contribution in [2.45, 2.75) is 37.5 Å². The van der Waals surface area contributed by atoms with Crippen molar-refractivity contribution in [3.05, 3.63) is 35.4 Å². The molecule has 4 rings (SSSR count). The van der Waals surface area contributed by atoms with Crippen LogP contribution in [0.5, 0.6) is 0 Å². The molecule has 0 bridgehead atoms. The van der Waals surface area contributed by atoms with Crippen LogP contribution in [-0.4, -0.2) is 25.7 Å². The topological polar surface area (TPSA) is 38.3 Å². The highest BCUT2D eigenvalue weighted by atomic mass is 16.5. The van der Waals surface area contributed by atoms with E-state index in [1.807, 2.05) is 0 Å². The van der Waals surface area contributed by atoms with E-state index < -0.39 is 0 Å². The van der Waals surface area contributed by atoms with Crippen LogP contribution in [0.3, 0.4) is 0 Å². The Morgan fingerprint density at radius 1 is 1.29 bits per heavy atom. The van der Waals surface area contributed by atoms with Crippen LogP contribution < -0.4 is 5.32 Å². The Balaban J connectivity index is 1.35. The zero-order valence-corrected chi connectivity index (χ0v) is 12.4. The second kappa shape index (κ2) is 5.13.